The van der Waals surface area contributed by atoms with Crippen LogP contribution < -0.4 is 4.74 Å². The van der Waals surface area contributed by atoms with E-state index in [1.807, 2.05) is 19.1 Å². The van der Waals surface area contributed by atoms with Gasteiger partial charge < -0.3 is 4.74 Å². The van der Waals surface area contributed by atoms with Gasteiger partial charge in [0, 0.05) is 0 Å². The average Bonchev–Trinajstić information content (AvgIpc) is 2.52. The van der Waals surface area contributed by atoms with Gasteiger partial charge in [0.1, 0.15) is 5.75 Å². The number of ketones is 1. The summed E-state index contributed by atoms with van der Waals surface area (Å²) >= 11 is 0. The summed E-state index contributed by atoms with van der Waals surface area (Å²) in [5.41, 5.74) is 3.04. The van der Waals surface area contributed by atoms with Crippen molar-refractivity contribution in [2.24, 2.45) is 0 Å². The van der Waals surface area contributed by atoms with Gasteiger partial charge in [0.05, 0.1) is 24.3 Å². The van der Waals surface area contributed by atoms with Gasteiger partial charge in [0.25, 0.3) is 0 Å². The van der Waals surface area contributed by atoms with Crippen LogP contribution in [0.2, 0.25) is 0 Å². The lowest BCUT2D eigenvalue weighted by Gasteiger charge is -2.06. The Kier molecular flexibility index (Phi) is 4.53. The van der Waals surface area contributed by atoms with Crippen molar-refractivity contribution in [2.45, 2.75) is 6.92 Å². The molecule has 2 rings (SSSR count). The van der Waals surface area contributed by atoms with Crippen LogP contribution in [0.1, 0.15) is 27.0 Å². The zero-order valence-electron chi connectivity index (χ0n) is 12.0. The van der Waals surface area contributed by atoms with Crippen LogP contribution in [0, 0.1) is 18.3 Å². The molecule has 3 heteroatoms. The molecule has 0 spiro atoms. The fraction of sp³-hybridized carbons (Fsp3) is 0.111. The third-order valence-corrected chi connectivity index (χ3v) is 3.09. The van der Waals surface area contributed by atoms with Crippen molar-refractivity contribution in [2.75, 3.05) is 7.11 Å². The van der Waals surface area contributed by atoms with E-state index in [-0.39, 0.29) is 5.78 Å². The molecule has 0 radical (unpaired) electrons. The molecule has 2 aromatic rings. The second-order valence-corrected chi connectivity index (χ2v) is 4.64. The Balaban J connectivity index is 2.21. The Bertz CT molecular complexity index is 722. The van der Waals surface area contributed by atoms with Crippen LogP contribution in [0.5, 0.6) is 5.75 Å². The molecule has 0 bridgehead atoms. The molecule has 0 unspecified atom stereocenters. The van der Waals surface area contributed by atoms with Gasteiger partial charge in [-0.3, -0.25) is 4.79 Å². The van der Waals surface area contributed by atoms with Crippen molar-refractivity contribution in [1.82, 2.24) is 0 Å². The minimum atomic E-state index is -0.115. The highest BCUT2D eigenvalue weighted by molar-refractivity contribution is 6.08. The number of aryl methyl sites for hydroxylation is 1. The van der Waals surface area contributed by atoms with Gasteiger partial charge in [-0.2, -0.15) is 5.26 Å². The maximum atomic E-state index is 12.2. The van der Waals surface area contributed by atoms with Crippen LogP contribution in [-0.2, 0) is 0 Å². The number of nitriles is 1. The number of hydrogen-bond donors (Lipinski definition) is 0. The first-order valence-corrected chi connectivity index (χ1v) is 6.51. The van der Waals surface area contributed by atoms with Crippen molar-refractivity contribution in [1.29, 1.82) is 5.26 Å². The second-order valence-electron chi connectivity index (χ2n) is 4.64. The normalized spacial score (nSPS) is 10.3. The fourth-order valence-corrected chi connectivity index (χ4v) is 1.93. The molecule has 0 saturated heterocycles. The molecule has 0 aliphatic heterocycles. The maximum Gasteiger partial charge on any atom is 0.189 e. The van der Waals surface area contributed by atoms with Gasteiger partial charge in [-0.15, -0.1) is 0 Å². The summed E-state index contributed by atoms with van der Waals surface area (Å²) in [7, 11) is 1.55. The van der Waals surface area contributed by atoms with E-state index in [4.69, 9.17) is 10.00 Å². The summed E-state index contributed by atoms with van der Waals surface area (Å²) in [6.07, 6.45) is 3.23. The summed E-state index contributed by atoms with van der Waals surface area (Å²) in [6, 6.07) is 14.6. The number of allylic oxidation sites excluding steroid dienone is 1. The van der Waals surface area contributed by atoms with Crippen LogP contribution in [0.15, 0.2) is 48.5 Å². The first-order chi connectivity index (χ1) is 10.1. The third-order valence-electron chi connectivity index (χ3n) is 3.09. The first kappa shape index (κ1) is 14.5. The first-order valence-electron chi connectivity index (χ1n) is 6.51. The van der Waals surface area contributed by atoms with E-state index in [9.17, 15) is 4.79 Å². The van der Waals surface area contributed by atoms with Gasteiger partial charge in [-0.05, 0) is 48.4 Å². The van der Waals surface area contributed by atoms with Crippen LogP contribution in [-0.4, -0.2) is 12.9 Å². The number of rotatable bonds is 4. The lowest BCUT2D eigenvalue weighted by Crippen LogP contribution is -1.99. The van der Waals surface area contributed by atoms with Crippen LogP contribution in [0.4, 0.5) is 0 Å². The Labute approximate surface area is 124 Å². The van der Waals surface area contributed by atoms with E-state index >= 15 is 0 Å². The minimum absolute atomic E-state index is 0.115. The molecule has 0 aromatic heterocycles. The second kappa shape index (κ2) is 6.53. The van der Waals surface area contributed by atoms with E-state index in [1.54, 1.807) is 43.5 Å². The Hall–Kier alpha value is -2.86. The third kappa shape index (κ3) is 3.58. The molecule has 104 valence electrons. The lowest BCUT2D eigenvalue weighted by molar-refractivity contribution is 0.104. The molecular formula is C18H15NO2. The molecule has 0 amide bonds. The lowest BCUT2D eigenvalue weighted by atomic mass is 10.1. The highest BCUT2D eigenvalue weighted by Crippen LogP contribution is 2.21. The summed E-state index contributed by atoms with van der Waals surface area (Å²) in [5, 5.41) is 8.74. The predicted octanol–water partition coefficient (Wildman–Crippen LogP) is 3.77. The van der Waals surface area contributed by atoms with Crippen LogP contribution in [0.3, 0.4) is 0 Å². The zero-order chi connectivity index (χ0) is 15.2. The zero-order valence-corrected chi connectivity index (χ0v) is 12.0. The van der Waals surface area contributed by atoms with Gasteiger partial charge >= 0.3 is 0 Å². The van der Waals surface area contributed by atoms with E-state index in [1.165, 1.54) is 6.08 Å². The molecular weight excluding hydrogens is 262 g/mol. The van der Waals surface area contributed by atoms with Crippen molar-refractivity contribution >= 4 is 11.9 Å². The number of nitrogens with zero attached hydrogens (tertiary/aromatic N) is 1. The molecule has 0 aliphatic carbocycles. The summed E-state index contributed by atoms with van der Waals surface area (Å²) in [6.45, 7) is 1.95. The Morgan fingerprint density at radius 1 is 1.19 bits per heavy atom. The molecule has 0 atom stereocenters. The monoisotopic (exact) mass is 277 g/mol. The van der Waals surface area contributed by atoms with Crippen LogP contribution >= 0.6 is 0 Å². The predicted molar refractivity (Wildman–Crippen MR) is 82.3 cm³/mol. The number of ether oxygens (including phenoxy) is 1. The number of methoxy groups -OCH3 is 1. The van der Waals surface area contributed by atoms with Crippen molar-refractivity contribution in [3.05, 3.63) is 70.8 Å². The molecule has 0 N–H and O–H groups in total. The SMILES string of the molecule is COc1cc(C)ccc1C(=O)/C=C/c1ccc(C#N)cc1. The largest absolute Gasteiger partial charge is 0.496 e. The molecule has 2 aromatic carbocycles. The highest BCUT2D eigenvalue weighted by Gasteiger charge is 2.09. The Morgan fingerprint density at radius 2 is 1.90 bits per heavy atom. The van der Waals surface area contributed by atoms with Gasteiger partial charge in [0.2, 0.25) is 0 Å². The minimum Gasteiger partial charge on any atom is -0.496 e. The molecule has 21 heavy (non-hydrogen) atoms. The van der Waals surface area contributed by atoms with Crippen molar-refractivity contribution in [3.8, 4) is 11.8 Å². The Morgan fingerprint density at radius 3 is 2.52 bits per heavy atom. The van der Waals surface area contributed by atoms with Gasteiger partial charge in [-0.25, -0.2) is 0 Å². The fourth-order valence-electron chi connectivity index (χ4n) is 1.93. The highest BCUT2D eigenvalue weighted by atomic mass is 16.5. The van der Waals surface area contributed by atoms with E-state index in [2.05, 4.69) is 6.07 Å². The van der Waals surface area contributed by atoms with Crippen LogP contribution in [0.25, 0.3) is 6.08 Å². The number of hydrogen-bond acceptors (Lipinski definition) is 3. The standard InChI is InChI=1S/C18H15NO2/c1-13-3-9-16(18(11-13)21-2)17(20)10-8-14-4-6-15(12-19)7-5-14/h3-11H,1-2H3/b10-8+. The summed E-state index contributed by atoms with van der Waals surface area (Å²) < 4.78 is 5.24. The number of carbonyl (C=O) groups excluding carboxylic acids is 1. The molecule has 0 fully saturated rings. The van der Waals surface area contributed by atoms with E-state index in [0.717, 1.165) is 11.1 Å². The topological polar surface area (TPSA) is 50.1 Å². The molecule has 0 saturated carbocycles. The average molecular weight is 277 g/mol. The van der Waals surface area contributed by atoms with Crippen molar-refractivity contribution in [3.63, 3.8) is 0 Å². The smallest absolute Gasteiger partial charge is 0.189 e. The van der Waals surface area contributed by atoms with Crippen molar-refractivity contribution < 1.29 is 9.53 Å². The summed E-state index contributed by atoms with van der Waals surface area (Å²) in [4.78, 5) is 12.2. The number of carbonyl (C=O) groups is 1. The van der Waals surface area contributed by atoms with E-state index in [0.29, 0.717) is 16.9 Å². The molecule has 3 nitrogen and oxygen atoms in total. The molecule has 0 aliphatic rings. The van der Waals surface area contributed by atoms with Gasteiger partial charge in [0.15, 0.2) is 5.78 Å². The van der Waals surface area contributed by atoms with E-state index < -0.39 is 0 Å². The quantitative estimate of drug-likeness (QED) is 0.631. The number of benzene rings is 2. The maximum absolute atomic E-state index is 12.2. The molecule has 0 heterocycles. The van der Waals surface area contributed by atoms with Gasteiger partial charge in [-0.1, -0.05) is 24.3 Å². The summed E-state index contributed by atoms with van der Waals surface area (Å²) in [5.74, 6) is 0.459.